The molecule has 0 aromatic heterocycles. The summed E-state index contributed by atoms with van der Waals surface area (Å²) in [5.41, 5.74) is 3.15. The molecule has 1 amide bonds. The van der Waals surface area contributed by atoms with Gasteiger partial charge in [0.05, 0.1) is 4.90 Å². The normalized spacial score (nSPS) is 15.8. The summed E-state index contributed by atoms with van der Waals surface area (Å²) in [7, 11) is 0.464. The highest BCUT2D eigenvalue weighted by Gasteiger charge is 2.34. The van der Waals surface area contributed by atoms with Gasteiger partial charge in [-0.05, 0) is 69.6 Å². The zero-order valence-corrected chi connectivity index (χ0v) is 20.4. The van der Waals surface area contributed by atoms with Crippen LogP contribution in [0.4, 0.5) is 0 Å². The predicted octanol–water partition coefficient (Wildman–Crippen LogP) is 3.29. The Morgan fingerprint density at radius 3 is 2.22 bits per heavy atom. The standard InChI is InChI=1S/C25H35N3O3S/c1-20-10-11-24(18-21(20)2)32(30,31)28-14-12-23(13-15-28)25(29)27(17-16-26(3)4)19-22-8-6-5-7-9-22/h5-11,18,23H,12-17,19H2,1-4H3. The summed E-state index contributed by atoms with van der Waals surface area (Å²) in [6.07, 6.45) is 1.10. The molecule has 0 spiro atoms. The van der Waals surface area contributed by atoms with E-state index in [2.05, 4.69) is 4.90 Å². The fourth-order valence-electron chi connectivity index (χ4n) is 4.02. The highest BCUT2D eigenvalue weighted by molar-refractivity contribution is 7.89. The number of nitrogens with zero attached hydrogens (tertiary/aromatic N) is 3. The van der Waals surface area contributed by atoms with Crippen LogP contribution in [0.3, 0.4) is 0 Å². The van der Waals surface area contributed by atoms with E-state index in [9.17, 15) is 13.2 Å². The Morgan fingerprint density at radius 2 is 1.62 bits per heavy atom. The topological polar surface area (TPSA) is 60.9 Å². The largest absolute Gasteiger partial charge is 0.337 e. The average molecular weight is 458 g/mol. The second kappa shape index (κ2) is 10.6. The minimum absolute atomic E-state index is 0.124. The molecule has 0 N–H and O–H groups in total. The van der Waals surface area contributed by atoms with Crippen molar-refractivity contribution in [2.75, 3.05) is 40.3 Å². The number of amides is 1. The van der Waals surface area contributed by atoms with Crippen LogP contribution in [0, 0.1) is 19.8 Å². The number of carbonyl (C=O) groups is 1. The molecule has 1 heterocycles. The molecule has 32 heavy (non-hydrogen) atoms. The molecule has 3 rings (SSSR count). The summed E-state index contributed by atoms with van der Waals surface area (Å²) >= 11 is 0. The van der Waals surface area contributed by atoms with Gasteiger partial charge in [-0.15, -0.1) is 0 Å². The Balaban J connectivity index is 1.67. The van der Waals surface area contributed by atoms with E-state index < -0.39 is 10.0 Å². The average Bonchev–Trinajstić information content (AvgIpc) is 2.78. The van der Waals surface area contributed by atoms with Gasteiger partial charge in [-0.3, -0.25) is 4.79 Å². The second-order valence-corrected chi connectivity index (χ2v) is 10.9. The Kier molecular flexibility index (Phi) is 8.09. The van der Waals surface area contributed by atoms with Gasteiger partial charge in [0.25, 0.3) is 0 Å². The monoisotopic (exact) mass is 457 g/mol. The van der Waals surface area contributed by atoms with Crippen LogP contribution in [-0.2, 0) is 21.4 Å². The third kappa shape index (κ3) is 5.97. The molecule has 0 radical (unpaired) electrons. The number of piperidine rings is 1. The maximum Gasteiger partial charge on any atom is 0.243 e. The number of carbonyl (C=O) groups excluding carboxylic acids is 1. The molecule has 1 fully saturated rings. The van der Waals surface area contributed by atoms with Crippen LogP contribution in [0.15, 0.2) is 53.4 Å². The molecule has 1 saturated heterocycles. The smallest absolute Gasteiger partial charge is 0.243 e. The first-order valence-corrected chi connectivity index (χ1v) is 12.7. The molecular formula is C25H35N3O3S. The fourth-order valence-corrected chi connectivity index (χ4v) is 5.57. The summed E-state index contributed by atoms with van der Waals surface area (Å²) in [5.74, 6) is -0.0222. The highest BCUT2D eigenvalue weighted by Crippen LogP contribution is 2.26. The maximum absolute atomic E-state index is 13.4. The number of hydrogen-bond donors (Lipinski definition) is 0. The number of aryl methyl sites for hydroxylation is 2. The fraction of sp³-hybridized carbons (Fsp3) is 0.480. The number of rotatable bonds is 8. The van der Waals surface area contributed by atoms with Gasteiger partial charge in [0.2, 0.25) is 15.9 Å². The molecule has 7 heteroatoms. The van der Waals surface area contributed by atoms with E-state index in [-0.39, 0.29) is 11.8 Å². The van der Waals surface area contributed by atoms with E-state index in [1.807, 2.05) is 69.2 Å². The molecule has 0 unspecified atom stereocenters. The van der Waals surface area contributed by atoms with E-state index in [4.69, 9.17) is 0 Å². The van der Waals surface area contributed by atoms with Gasteiger partial charge in [-0.25, -0.2) is 8.42 Å². The highest BCUT2D eigenvalue weighted by atomic mass is 32.2. The minimum Gasteiger partial charge on any atom is -0.337 e. The lowest BCUT2D eigenvalue weighted by atomic mass is 9.96. The van der Waals surface area contributed by atoms with Gasteiger partial charge in [0.15, 0.2) is 0 Å². The molecule has 174 valence electrons. The third-order valence-electron chi connectivity index (χ3n) is 6.26. The SMILES string of the molecule is Cc1ccc(S(=O)(=O)N2CCC(C(=O)N(CCN(C)C)Cc3ccccc3)CC2)cc1C. The van der Waals surface area contributed by atoms with Crippen molar-refractivity contribution < 1.29 is 13.2 Å². The predicted molar refractivity (Wildman–Crippen MR) is 128 cm³/mol. The number of likely N-dealkylation sites (N-methyl/N-ethyl adjacent to an activating group) is 1. The maximum atomic E-state index is 13.4. The Hall–Kier alpha value is -2.22. The van der Waals surface area contributed by atoms with Crippen molar-refractivity contribution in [1.82, 2.24) is 14.1 Å². The summed E-state index contributed by atoms with van der Waals surface area (Å²) in [5, 5.41) is 0. The first-order valence-electron chi connectivity index (χ1n) is 11.2. The molecule has 0 atom stereocenters. The molecule has 0 bridgehead atoms. The lowest BCUT2D eigenvalue weighted by Crippen LogP contribution is -2.45. The molecule has 1 aliphatic rings. The van der Waals surface area contributed by atoms with E-state index in [1.165, 1.54) is 4.31 Å². The van der Waals surface area contributed by atoms with Crippen LogP contribution in [0.25, 0.3) is 0 Å². The van der Waals surface area contributed by atoms with Crippen molar-refractivity contribution in [3.63, 3.8) is 0 Å². The summed E-state index contributed by atoms with van der Waals surface area (Å²) in [4.78, 5) is 17.7. The van der Waals surface area contributed by atoms with Gasteiger partial charge in [-0.1, -0.05) is 36.4 Å². The quantitative estimate of drug-likeness (QED) is 0.610. The van der Waals surface area contributed by atoms with E-state index in [1.54, 1.807) is 12.1 Å². The zero-order chi connectivity index (χ0) is 23.3. The Morgan fingerprint density at radius 1 is 0.969 bits per heavy atom. The van der Waals surface area contributed by atoms with Gasteiger partial charge < -0.3 is 9.80 Å². The third-order valence-corrected chi connectivity index (χ3v) is 8.16. The van der Waals surface area contributed by atoms with Gasteiger partial charge >= 0.3 is 0 Å². The molecule has 2 aromatic carbocycles. The van der Waals surface area contributed by atoms with Crippen LogP contribution in [0.2, 0.25) is 0 Å². The van der Waals surface area contributed by atoms with Crippen molar-refractivity contribution >= 4 is 15.9 Å². The van der Waals surface area contributed by atoms with Crippen LogP contribution in [-0.4, -0.2) is 68.7 Å². The van der Waals surface area contributed by atoms with E-state index >= 15 is 0 Å². The molecular weight excluding hydrogens is 422 g/mol. The van der Waals surface area contributed by atoms with Gasteiger partial charge in [0, 0.05) is 38.6 Å². The molecule has 1 aliphatic heterocycles. The van der Waals surface area contributed by atoms with Crippen LogP contribution >= 0.6 is 0 Å². The minimum atomic E-state index is -3.54. The number of benzene rings is 2. The lowest BCUT2D eigenvalue weighted by molar-refractivity contribution is -0.137. The van der Waals surface area contributed by atoms with Crippen molar-refractivity contribution in [2.45, 2.75) is 38.1 Å². The Bertz CT molecular complexity index is 1010. The Labute approximate surface area is 192 Å². The van der Waals surface area contributed by atoms with E-state index in [0.717, 1.165) is 23.2 Å². The first-order chi connectivity index (χ1) is 15.2. The van der Waals surface area contributed by atoms with Gasteiger partial charge in [0.1, 0.15) is 0 Å². The van der Waals surface area contributed by atoms with Crippen LogP contribution < -0.4 is 0 Å². The zero-order valence-electron chi connectivity index (χ0n) is 19.6. The van der Waals surface area contributed by atoms with E-state index in [0.29, 0.717) is 43.9 Å². The van der Waals surface area contributed by atoms with Crippen LogP contribution in [0.1, 0.15) is 29.5 Å². The van der Waals surface area contributed by atoms with Crippen LogP contribution in [0.5, 0.6) is 0 Å². The number of sulfonamides is 1. The van der Waals surface area contributed by atoms with Crippen molar-refractivity contribution in [2.24, 2.45) is 5.92 Å². The summed E-state index contributed by atoms with van der Waals surface area (Å²) in [6.45, 7) is 6.67. The summed E-state index contributed by atoms with van der Waals surface area (Å²) < 4.78 is 27.7. The number of hydrogen-bond acceptors (Lipinski definition) is 4. The lowest BCUT2D eigenvalue weighted by Gasteiger charge is -2.34. The molecule has 2 aromatic rings. The van der Waals surface area contributed by atoms with Crippen molar-refractivity contribution in [3.05, 3.63) is 65.2 Å². The molecule has 0 saturated carbocycles. The molecule has 6 nitrogen and oxygen atoms in total. The second-order valence-electron chi connectivity index (χ2n) is 8.97. The molecule has 0 aliphatic carbocycles. The van der Waals surface area contributed by atoms with Crippen molar-refractivity contribution in [3.8, 4) is 0 Å². The van der Waals surface area contributed by atoms with Gasteiger partial charge in [-0.2, -0.15) is 4.31 Å². The van der Waals surface area contributed by atoms with Crippen molar-refractivity contribution in [1.29, 1.82) is 0 Å². The first kappa shape index (κ1) is 24.4. The summed E-state index contributed by atoms with van der Waals surface area (Å²) in [6, 6.07) is 15.3.